The Morgan fingerprint density at radius 2 is 1.57 bits per heavy atom. The molecule has 0 aliphatic heterocycles. The summed E-state index contributed by atoms with van der Waals surface area (Å²) < 4.78 is 19.8. The number of benzene rings is 2. The fraction of sp³-hybridized carbons (Fsp3) is 0.174. The maximum atomic E-state index is 14.0. The molecule has 3 aromatic rings. The number of hydrogen-bond acceptors (Lipinski definition) is 4. The van der Waals surface area contributed by atoms with Crippen LogP contribution in [0.4, 0.5) is 4.39 Å². The molecule has 0 unspecified atom stereocenters. The summed E-state index contributed by atoms with van der Waals surface area (Å²) in [5.74, 6) is -1.33. The first-order chi connectivity index (χ1) is 14.3. The molecule has 1 N–H and O–H groups in total. The number of ether oxygens (including phenoxy) is 1. The summed E-state index contributed by atoms with van der Waals surface area (Å²) in [5, 5.41) is 1.15. The van der Waals surface area contributed by atoms with Crippen LogP contribution >= 0.6 is 0 Å². The van der Waals surface area contributed by atoms with Crippen LogP contribution in [0.25, 0.3) is 0 Å². The van der Waals surface area contributed by atoms with E-state index in [0.29, 0.717) is 5.75 Å². The summed E-state index contributed by atoms with van der Waals surface area (Å²) in [6.45, 7) is 5.25. The van der Waals surface area contributed by atoms with Crippen molar-refractivity contribution < 1.29 is 18.7 Å². The van der Waals surface area contributed by atoms with Gasteiger partial charge in [0.2, 0.25) is 5.88 Å². The van der Waals surface area contributed by atoms with Gasteiger partial charge >= 0.3 is 0 Å². The molecular weight excluding hydrogens is 385 g/mol. The molecule has 154 valence electrons. The number of carbonyl (C=O) groups is 2. The minimum atomic E-state index is -0.808. The van der Waals surface area contributed by atoms with E-state index in [2.05, 4.69) is 10.4 Å². The Hall–Kier alpha value is -3.74. The molecule has 2 aromatic carbocycles. The van der Waals surface area contributed by atoms with E-state index in [4.69, 9.17) is 4.74 Å². The zero-order chi connectivity index (χ0) is 21.7. The largest absolute Gasteiger partial charge is 0.438 e. The Morgan fingerprint density at radius 3 is 2.23 bits per heavy atom. The van der Waals surface area contributed by atoms with Crippen molar-refractivity contribution in [3.8, 4) is 11.6 Å². The Labute approximate surface area is 174 Å². The second-order valence-electron chi connectivity index (χ2n) is 7.50. The van der Waals surface area contributed by atoms with Crippen molar-refractivity contribution in [3.05, 3.63) is 89.9 Å². The van der Waals surface area contributed by atoms with Gasteiger partial charge in [0.05, 0.1) is 11.1 Å². The number of hydrogen-bond donors (Lipinski definition) is 1. The van der Waals surface area contributed by atoms with Crippen LogP contribution in [0.5, 0.6) is 11.6 Å². The van der Waals surface area contributed by atoms with Gasteiger partial charge in [0, 0.05) is 6.20 Å². The van der Waals surface area contributed by atoms with Crippen LogP contribution in [0, 0.1) is 5.82 Å². The van der Waals surface area contributed by atoms with Crippen molar-refractivity contribution in [2.75, 3.05) is 0 Å². The minimum absolute atomic E-state index is 0.100. The van der Waals surface area contributed by atoms with Crippen molar-refractivity contribution in [1.29, 1.82) is 0 Å². The van der Waals surface area contributed by atoms with Gasteiger partial charge in [-0.15, -0.1) is 0 Å². The van der Waals surface area contributed by atoms with Crippen molar-refractivity contribution in [3.63, 3.8) is 0 Å². The number of carbonyl (C=O) groups excluding carboxylic acids is 2. The van der Waals surface area contributed by atoms with Gasteiger partial charge in [-0.25, -0.2) is 14.4 Å². The van der Waals surface area contributed by atoms with Gasteiger partial charge in [-0.1, -0.05) is 30.3 Å². The van der Waals surface area contributed by atoms with E-state index >= 15 is 0 Å². The lowest BCUT2D eigenvalue weighted by Crippen LogP contribution is -2.56. The summed E-state index contributed by atoms with van der Waals surface area (Å²) in [5.41, 5.74) is 1.71. The summed E-state index contributed by atoms with van der Waals surface area (Å²) >= 11 is 0. The smallest absolute Gasteiger partial charge is 0.278 e. The maximum Gasteiger partial charge on any atom is 0.278 e. The molecule has 1 aromatic heterocycles. The quantitative estimate of drug-likeness (QED) is 0.642. The average molecular weight is 407 g/mol. The van der Waals surface area contributed by atoms with Gasteiger partial charge in [-0.3, -0.25) is 15.0 Å². The number of halogens is 1. The van der Waals surface area contributed by atoms with Crippen LogP contribution in [0.15, 0.2) is 72.9 Å². The topological polar surface area (TPSA) is 71.5 Å². The molecule has 0 aliphatic carbocycles. The lowest BCUT2D eigenvalue weighted by Gasteiger charge is -2.35. The third kappa shape index (κ3) is 4.81. The SMILES string of the molecule is CC(C)(C)N(NC(=O)c1ccccc1F)C(=O)c1cccnc1Oc1ccccc1. The fourth-order valence-electron chi connectivity index (χ4n) is 2.69. The fourth-order valence-corrected chi connectivity index (χ4v) is 2.69. The second kappa shape index (κ2) is 8.73. The van der Waals surface area contributed by atoms with Gasteiger partial charge in [-0.2, -0.15) is 0 Å². The molecule has 1 heterocycles. The van der Waals surface area contributed by atoms with Crippen molar-refractivity contribution >= 4 is 11.8 Å². The highest BCUT2D eigenvalue weighted by molar-refractivity contribution is 6.00. The van der Waals surface area contributed by atoms with Crippen LogP contribution in [0.2, 0.25) is 0 Å². The molecule has 2 amide bonds. The normalized spacial score (nSPS) is 10.9. The number of para-hydroxylation sites is 1. The third-order valence-electron chi connectivity index (χ3n) is 4.17. The van der Waals surface area contributed by atoms with E-state index in [1.807, 2.05) is 6.07 Å². The predicted octanol–water partition coefficient (Wildman–Crippen LogP) is 4.60. The summed E-state index contributed by atoms with van der Waals surface area (Å²) in [7, 11) is 0. The molecule has 3 rings (SSSR count). The number of amides is 2. The number of nitrogens with zero attached hydrogens (tertiary/aromatic N) is 2. The molecule has 0 spiro atoms. The minimum Gasteiger partial charge on any atom is -0.438 e. The van der Waals surface area contributed by atoms with Crippen LogP contribution in [0.1, 0.15) is 41.5 Å². The number of aromatic nitrogens is 1. The molecular formula is C23H22FN3O3. The van der Waals surface area contributed by atoms with Crippen molar-refractivity contribution in [1.82, 2.24) is 15.4 Å². The zero-order valence-corrected chi connectivity index (χ0v) is 16.9. The predicted molar refractivity (Wildman–Crippen MR) is 111 cm³/mol. The van der Waals surface area contributed by atoms with Gasteiger partial charge in [-0.05, 0) is 57.2 Å². The molecule has 0 saturated heterocycles. The van der Waals surface area contributed by atoms with E-state index in [-0.39, 0.29) is 17.0 Å². The molecule has 6 nitrogen and oxygen atoms in total. The van der Waals surface area contributed by atoms with E-state index in [1.165, 1.54) is 24.4 Å². The van der Waals surface area contributed by atoms with Crippen LogP contribution < -0.4 is 10.2 Å². The Kier molecular flexibility index (Phi) is 6.11. The summed E-state index contributed by atoms with van der Waals surface area (Å²) in [6, 6.07) is 17.7. The number of pyridine rings is 1. The van der Waals surface area contributed by atoms with E-state index in [1.54, 1.807) is 63.2 Å². The monoisotopic (exact) mass is 407 g/mol. The lowest BCUT2D eigenvalue weighted by molar-refractivity contribution is 0.0354. The first-order valence-corrected chi connectivity index (χ1v) is 9.35. The molecule has 30 heavy (non-hydrogen) atoms. The molecule has 0 aliphatic rings. The first-order valence-electron chi connectivity index (χ1n) is 9.35. The summed E-state index contributed by atoms with van der Waals surface area (Å²) in [4.78, 5) is 30.2. The zero-order valence-electron chi connectivity index (χ0n) is 16.9. The molecule has 0 radical (unpaired) electrons. The standard InChI is InChI=1S/C23H22FN3O3/c1-23(2,3)27(26-20(28)17-12-7-8-14-19(17)24)22(29)18-13-9-15-25-21(18)30-16-10-5-4-6-11-16/h4-15H,1-3H3,(H,26,28). The van der Waals surface area contributed by atoms with Gasteiger partial charge in [0.15, 0.2) is 0 Å². The van der Waals surface area contributed by atoms with E-state index in [0.717, 1.165) is 5.01 Å². The van der Waals surface area contributed by atoms with Crippen molar-refractivity contribution in [2.45, 2.75) is 26.3 Å². The van der Waals surface area contributed by atoms with Crippen LogP contribution in [-0.2, 0) is 0 Å². The van der Waals surface area contributed by atoms with Crippen molar-refractivity contribution in [2.24, 2.45) is 0 Å². The lowest BCUT2D eigenvalue weighted by atomic mass is 10.1. The average Bonchev–Trinajstić information content (AvgIpc) is 2.72. The third-order valence-corrected chi connectivity index (χ3v) is 4.17. The number of nitrogens with one attached hydrogen (secondary N) is 1. The van der Waals surface area contributed by atoms with Crippen LogP contribution in [0.3, 0.4) is 0 Å². The van der Waals surface area contributed by atoms with Gasteiger partial charge in [0.1, 0.15) is 17.1 Å². The second-order valence-corrected chi connectivity index (χ2v) is 7.50. The molecule has 0 atom stereocenters. The maximum absolute atomic E-state index is 14.0. The molecule has 0 saturated carbocycles. The highest BCUT2D eigenvalue weighted by atomic mass is 19.1. The molecule has 0 bridgehead atoms. The van der Waals surface area contributed by atoms with Gasteiger partial charge in [0.25, 0.3) is 11.8 Å². The highest BCUT2D eigenvalue weighted by Crippen LogP contribution is 2.25. The number of rotatable bonds is 4. The molecule has 7 heteroatoms. The Bertz CT molecular complexity index is 1050. The van der Waals surface area contributed by atoms with Crippen LogP contribution in [-0.4, -0.2) is 27.3 Å². The van der Waals surface area contributed by atoms with E-state index in [9.17, 15) is 14.0 Å². The molecule has 0 fully saturated rings. The Morgan fingerprint density at radius 1 is 0.933 bits per heavy atom. The summed E-state index contributed by atoms with van der Waals surface area (Å²) in [6.07, 6.45) is 1.51. The van der Waals surface area contributed by atoms with Gasteiger partial charge < -0.3 is 4.74 Å². The first kappa shape index (κ1) is 21.0. The number of hydrazine groups is 1. The highest BCUT2D eigenvalue weighted by Gasteiger charge is 2.32. The van der Waals surface area contributed by atoms with E-state index < -0.39 is 23.2 Å². The Balaban J connectivity index is 1.92.